The summed E-state index contributed by atoms with van der Waals surface area (Å²) in [5.41, 5.74) is 6.95. The fourth-order valence-corrected chi connectivity index (χ4v) is 6.31. The molecule has 0 aliphatic heterocycles. The Bertz CT molecular complexity index is 542. The zero-order valence-electron chi connectivity index (χ0n) is 31.3. The van der Waals surface area contributed by atoms with E-state index in [0.29, 0.717) is 16.7 Å². The van der Waals surface area contributed by atoms with E-state index >= 15 is 0 Å². The van der Waals surface area contributed by atoms with E-state index in [9.17, 15) is 0 Å². The lowest BCUT2D eigenvalue weighted by molar-refractivity contribution is -0.259. The standard InChI is InChI=1S/C40H83NO2/c1-9-10-11-12-19-24-30-37(31-29-34-41)40(8,42-35-27-22-17-13-15-20-25-32-38(2,3)4)43-36-28-23-18-14-16-21-26-33-39(5,6)7/h37H,9-36,41H2,1-8H3. The van der Waals surface area contributed by atoms with Gasteiger partial charge in [0.1, 0.15) is 0 Å². The molecule has 0 fully saturated rings. The van der Waals surface area contributed by atoms with Gasteiger partial charge in [-0.25, -0.2) is 0 Å². The minimum absolute atomic E-state index is 0.438. The van der Waals surface area contributed by atoms with Crippen LogP contribution in [0.3, 0.4) is 0 Å². The van der Waals surface area contributed by atoms with E-state index in [4.69, 9.17) is 15.2 Å². The first-order valence-corrected chi connectivity index (χ1v) is 19.4. The van der Waals surface area contributed by atoms with Gasteiger partial charge in [-0.2, -0.15) is 0 Å². The van der Waals surface area contributed by atoms with Gasteiger partial charge in [-0.15, -0.1) is 0 Å². The molecule has 0 aliphatic carbocycles. The molecule has 0 spiro atoms. The number of hydrogen-bond donors (Lipinski definition) is 1. The highest BCUT2D eigenvalue weighted by Gasteiger charge is 2.35. The first-order valence-electron chi connectivity index (χ1n) is 19.4. The van der Waals surface area contributed by atoms with Crippen LogP contribution in [0.25, 0.3) is 0 Å². The summed E-state index contributed by atoms with van der Waals surface area (Å²) >= 11 is 0. The molecule has 2 N–H and O–H groups in total. The van der Waals surface area contributed by atoms with Crippen molar-refractivity contribution in [1.82, 2.24) is 0 Å². The van der Waals surface area contributed by atoms with Gasteiger partial charge in [0.25, 0.3) is 0 Å². The molecule has 260 valence electrons. The highest BCUT2D eigenvalue weighted by molar-refractivity contribution is 4.77. The van der Waals surface area contributed by atoms with Crippen LogP contribution in [-0.4, -0.2) is 25.5 Å². The largest absolute Gasteiger partial charge is 0.350 e. The summed E-state index contributed by atoms with van der Waals surface area (Å²) in [7, 11) is 0. The lowest BCUT2D eigenvalue weighted by Crippen LogP contribution is -2.42. The van der Waals surface area contributed by atoms with E-state index in [-0.39, 0.29) is 0 Å². The van der Waals surface area contributed by atoms with E-state index < -0.39 is 5.79 Å². The zero-order chi connectivity index (χ0) is 32.3. The normalized spacial score (nSPS) is 13.6. The van der Waals surface area contributed by atoms with Gasteiger partial charge >= 0.3 is 0 Å². The fourth-order valence-electron chi connectivity index (χ4n) is 6.31. The van der Waals surface area contributed by atoms with Gasteiger partial charge in [0, 0.05) is 5.92 Å². The fraction of sp³-hybridized carbons (Fsp3) is 1.00. The van der Waals surface area contributed by atoms with Crippen molar-refractivity contribution < 1.29 is 9.47 Å². The highest BCUT2D eigenvalue weighted by atomic mass is 16.7. The Hall–Kier alpha value is -0.120. The minimum atomic E-state index is -0.474. The van der Waals surface area contributed by atoms with E-state index in [0.717, 1.165) is 45.4 Å². The van der Waals surface area contributed by atoms with Gasteiger partial charge in [-0.3, -0.25) is 0 Å². The molecule has 0 bridgehead atoms. The molecule has 0 saturated carbocycles. The summed E-state index contributed by atoms with van der Waals surface area (Å²) in [5.74, 6) is -0.0359. The molecule has 0 aromatic rings. The molecule has 0 saturated heterocycles. The minimum Gasteiger partial charge on any atom is -0.350 e. The van der Waals surface area contributed by atoms with Crippen LogP contribution < -0.4 is 5.73 Å². The quantitative estimate of drug-likeness (QED) is 0.0628. The number of rotatable bonds is 31. The number of hydrogen-bond acceptors (Lipinski definition) is 3. The molecule has 3 heteroatoms. The van der Waals surface area contributed by atoms with Crippen LogP contribution in [0.1, 0.15) is 216 Å². The topological polar surface area (TPSA) is 44.5 Å². The molecule has 0 heterocycles. The molecule has 0 rings (SSSR count). The second kappa shape index (κ2) is 27.0. The average Bonchev–Trinajstić information content (AvgIpc) is 2.93. The lowest BCUT2D eigenvalue weighted by atomic mass is 9.88. The van der Waals surface area contributed by atoms with E-state index in [1.54, 1.807) is 0 Å². The second-order valence-electron chi connectivity index (χ2n) is 16.5. The predicted octanol–water partition coefficient (Wildman–Crippen LogP) is 13.2. The van der Waals surface area contributed by atoms with Crippen LogP contribution in [0, 0.1) is 16.7 Å². The summed E-state index contributed by atoms with van der Waals surface area (Å²) in [6.45, 7) is 21.1. The van der Waals surface area contributed by atoms with Crippen molar-refractivity contribution >= 4 is 0 Å². The molecule has 1 unspecified atom stereocenters. The van der Waals surface area contributed by atoms with E-state index in [1.165, 1.54) is 135 Å². The Morgan fingerprint density at radius 2 is 0.791 bits per heavy atom. The maximum absolute atomic E-state index is 6.70. The molecule has 0 aromatic carbocycles. The third-order valence-corrected chi connectivity index (χ3v) is 9.32. The van der Waals surface area contributed by atoms with E-state index in [2.05, 4.69) is 55.4 Å². The van der Waals surface area contributed by atoms with Gasteiger partial charge in [0.05, 0.1) is 13.2 Å². The number of ether oxygens (including phenoxy) is 2. The summed E-state index contributed by atoms with van der Waals surface area (Å²) in [4.78, 5) is 0. The summed E-state index contributed by atoms with van der Waals surface area (Å²) in [5, 5.41) is 0. The summed E-state index contributed by atoms with van der Waals surface area (Å²) in [6, 6.07) is 0. The first kappa shape index (κ1) is 42.9. The molecule has 0 radical (unpaired) electrons. The van der Waals surface area contributed by atoms with Crippen molar-refractivity contribution in [3.05, 3.63) is 0 Å². The zero-order valence-corrected chi connectivity index (χ0v) is 31.3. The molecule has 3 nitrogen and oxygen atoms in total. The molecular weight excluding hydrogens is 526 g/mol. The Morgan fingerprint density at radius 1 is 0.442 bits per heavy atom. The number of unbranched alkanes of at least 4 members (excludes halogenated alkanes) is 17. The first-order chi connectivity index (χ1) is 20.4. The molecule has 0 amide bonds. The van der Waals surface area contributed by atoms with Crippen LogP contribution in [0.15, 0.2) is 0 Å². The van der Waals surface area contributed by atoms with Gasteiger partial charge < -0.3 is 15.2 Å². The monoisotopic (exact) mass is 610 g/mol. The Balaban J connectivity index is 4.62. The van der Waals surface area contributed by atoms with Crippen LogP contribution in [0.4, 0.5) is 0 Å². The van der Waals surface area contributed by atoms with Crippen molar-refractivity contribution in [1.29, 1.82) is 0 Å². The molecule has 1 atom stereocenters. The van der Waals surface area contributed by atoms with Gasteiger partial charge in [-0.05, 0) is 69.2 Å². The molecule has 0 aliphatic rings. The van der Waals surface area contributed by atoms with Crippen molar-refractivity contribution in [2.24, 2.45) is 22.5 Å². The maximum Gasteiger partial charge on any atom is 0.168 e. The van der Waals surface area contributed by atoms with Crippen molar-refractivity contribution in [3.8, 4) is 0 Å². The van der Waals surface area contributed by atoms with E-state index in [1.807, 2.05) is 0 Å². The maximum atomic E-state index is 6.70. The number of nitrogens with two attached hydrogens (primary N) is 1. The Kier molecular flexibility index (Phi) is 27.0. The summed E-state index contributed by atoms with van der Waals surface area (Å²) < 4.78 is 13.4. The summed E-state index contributed by atoms with van der Waals surface area (Å²) in [6.07, 6.45) is 32.7. The SMILES string of the molecule is CCCCCCCCC(CCCN)C(C)(OCCCCCCCCCC(C)(C)C)OCCCCCCCCCC(C)(C)C. The van der Waals surface area contributed by atoms with Gasteiger partial charge in [-0.1, -0.05) is 164 Å². The Morgan fingerprint density at radius 3 is 1.19 bits per heavy atom. The smallest absolute Gasteiger partial charge is 0.168 e. The molecule has 0 aromatic heterocycles. The van der Waals surface area contributed by atoms with Crippen LogP contribution in [0.2, 0.25) is 0 Å². The third kappa shape index (κ3) is 29.1. The highest BCUT2D eigenvalue weighted by Crippen LogP contribution is 2.33. The average molecular weight is 610 g/mol. The predicted molar refractivity (Wildman–Crippen MR) is 193 cm³/mol. The van der Waals surface area contributed by atoms with Gasteiger partial charge in [0.2, 0.25) is 0 Å². The third-order valence-electron chi connectivity index (χ3n) is 9.32. The molecule has 43 heavy (non-hydrogen) atoms. The van der Waals surface area contributed by atoms with Gasteiger partial charge in [0.15, 0.2) is 5.79 Å². The van der Waals surface area contributed by atoms with Crippen molar-refractivity contribution in [3.63, 3.8) is 0 Å². The Labute approximate surface area is 273 Å². The molecular formula is C40H83NO2. The van der Waals surface area contributed by atoms with Crippen LogP contribution in [-0.2, 0) is 9.47 Å². The lowest BCUT2D eigenvalue weighted by Gasteiger charge is -2.38. The van der Waals surface area contributed by atoms with Crippen LogP contribution >= 0.6 is 0 Å². The second-order valence-corrected chi connectivity index (χ2v) is 16.5. The van der Waals surface area contributed by atoms with Crippen molar-refractivity contribution in [2.45, 2.75) is 222 Å². The van der Waals surface area contributed by atoms with Crippen LogP contribution in [0.5, 0.6) is 0 Å². The van der Waals surface area contributed by atoms with Crippen molar-refractivity contribution in [2.75, 3.05) is 19.8 Å².